The predicted octanol–water partition coefficient (Wildman–Crippen LogP) is 2.87. The normalized spacial score (nSPS) is 27.2. The van der Waals surface area contributed by atoms with E-state index in [1.807, 2.05) is 11.3 Å². The summed E-state index contributed by atoms with van der Waals surface area (Å²) in [5.41, 5.74) is 0. The van der Waals surface area contributed by atoms with Gasteiger partial charge < -0.3 is 10.4 Å². The average Bonchev–Trinajstić information content (AvgIpc) is 2.84. The Balaban J connectivity index is 1.81. The molecule has 0 saturated heterocycles. The summed E-state index contributed by atoms with van der Waals surface area (Å²) < 4.78 is 0. The number of rotatable bonds is 4. The van der Waals surface area contributed by atoms with Crippen LogP contribution in [-0.2, 0) is 0 Å². The monoisotopic (exact) mass is 239 g/mol. The first-order chi connectivity index (χ1) is 7.66. The third kappa shape index (κ3) is 2.84. The van der Waals surface area contributed by atoms with Crippen LogP contribution >= 0.6 is 11.3 Å². The second kappa shape index (κ2) is 5.30. The number of aliphatic hydroxyl groups is 1. The maximum atomic E-state index is 9.74. The van der Waals surface area contributed by atoms with Crippen LogP contribution in [0.3, 0.4) is 0 Å². The molecule has 1 fully saturated rings. The van der Waals surface area contributed by atoms with Crippen LogP contribution in [0.15, 0.2) is 12.1 Å². The lowest BCUT2D eigenvalue weighted by Gasteiger charge is -2.18. The fourth-order valence-corrected chi connectivity index (χ4v) is 3.27. The quantitative estimate of drug-likeness (QED) is 0.847. The van der Waals surface area contributed by atoms with Gasteiger partial charge in [0.2, 0.25) is 0 Å². The summed E-state index contributed by atoms with van der Waals surface area (Å²) >= 11 is 1.85. The van der Waals surface area contributed by atoms with Crippen LogP contribution < -0.4 is 5.32 Å². The summed E-state index contributed by atoms with van der Waals surface area (Å²) in [4.78, 5) is 2.76. The highest BCUT2D eigenvalue weighted by molar-refractivity contribution is 7.12. The van der Waals surface area contributed by atoms with Crippen LogP contribution in [0.4, 0.5) is 0 Å². The Bertz CT molecular complexity index is 336. The molecule has 1 saturated carbocycles. The number of hydrogen-bond acceptors (Lipinski definition) is 3. The molecule has 2 rings (SSSR count). The molecular weight excluding hydrogens is 218 g/mol. The summed E-state index contributed by atoms with van der Waals surface area (Å²) in [5, 5.41) is 13.3. The molecule has 0 radical (unpaired) electrons. The van der Waals surface area contributed by atoms with Gasteiger partial charge in [-0.25, -0.2) is 0 Å². The first-order valence-corrected chi connectivity index (χ1v) is 6.96. The van der Waals surface area contributed by atoms with E-state index < -0.39 is 0 Å². The zero-order valence-electron chi connectivity index (χ0n) is 10.1. The topological polar surface area (TPSA) is 32.3 Å². The SMILES string of the molecule is Cc1ccc(C(C)NCC2CCCC2O)s1. The summed E-state index contributed by atoms with van der Waals surface area (Å²) in [7, 11) is 0. The lowest BCUT2D eigenvalue weighted by atomic mass is 10.1. The van der Waals surface area contributed by atoms with Crippen LogP contribution in [0.1, 0.15) is 42.0 Å². The van der Waals surface area contributed by atoms with Crippen molar-refractivity contribution < 1.29 is 5.11 Å². The van der Waals surface area contributed by atoms with Crippen molar-refractivity contribution in [1.29, 1.82) is 0 Å². The van der Waals surface area contributed by atoms with E-state index in [0.29, 0.717) is 12.0 Å². The van der Waals surface area contributed by atoms with Gasteiger partial charge in [0.15, 0.2) is 0 Å². The zero-order valence-corrected chi connectivity index (χ0v) is 10.9. The average molecular weight is 239 g/mol. The summed E-state index contributed by atoms with van der Waals surface area (Å²) in [6.45, 7) is 5.29. The largest absolute Gasteiger partial charge is 0.393 e. The van der Waals surface area contributed by atoms with Crippen molar-refractivity contribution in [2.24, 2.45) is 5.92 Å². The summed E-state index contributed by atoms with van der Waals surface area (Å²) in [6.07, 6.45) is 3.26. The Morgan fingerprint density at radius 3 is 2.88 bits per heavy atom. The molecule has 90 valence electrons. The molecule has 0 aliphatic heterocycles. The van der Waals surface area contributed by atoms with E-state index in [1.165, 1.54) is 22.6 Å². The minimum absolute atomic E-state index is 0.0789. The highest BCUT2D eigenvalue weighted by atomic mass is 32.1. The van der Waals surface area contributed by atoms with Crippen LogP contribution in [-0.4, -0.2) is 17.8 Å². The maximum absolute atomic E-state index is 9.74. The van der Waals surface area contributed by atoms with Gasteiger partial charge in [0.1, 0.15) is 0 Å². The molecule has 1 aliphatic rings. The summed E-state index contributed by atoms with van der Waals surface area (Å²) in [5.74, 6) is 0.462. The number of aliphatic hydroxyl groups excluding tert-OH is 1. The van der Waals surface area contributed by atoms with Crippen molar-refractivity contribution in [1.82, 2.24) is 5.32 Å². The Morgan fingerprint density at radius 1 is 1.50 bits per heavy atom. The third-order valence-electron chi connectivity index (χ3n) is 3.49. The second-order valence-electron chi connectivity index (χ2n) is 4.84. The molecule has 0 amide bonds. The minimum Gasteiger partial charge on any atom is -0.393 e. The van der Waals surface area contributed by atoms with E-state index in [0.717, 1.165) is 13.0 Å². The fourth-order valence-electron chi connectivity index (χ4n) is 2.37. The molecule has 0 spiro atoms. The van der Waals surface area contributed by atoms with E-state index in [-0.39, 0.29) is 6.10 Å². The van der Waals surface area contributed by atoms with Crippen molar-refractivity contribution in [3.05, 3.63) is 21.9 Å². The molecule has 1 aliphatic carbocycles. The molecule has 16 heavy (non-hydrogen) atoms. The number of thiophene rings is 1. The van der Waals surface area contributed by atoms with E-state index in [9.17, 15) is 5.11 Å². The van der Waals surface area contributed by atoms with Crippen molar-refractivity contribution in [3.8, 4) is 0 Å². The molecule has 1 aromatic rings. The first kappa shape index (κ1) is 12.1. The fraction of sp³-hybridized carbons (Fsp3) is 0.692. The molecule has 1 aromatic heterocycles. The second-order valence-corrected chi connectivity index (χ2v) is 6.16. The van der Waals surface area contributed by atoms with E-state index in [4.69, 9.17) is 0 Å². The number of hydrogen-bond donors (Lipinski definition) is 2. The number of aryl methyl sites for hydroxylation is 1. The van der Waals surface area contributed by atoms with Crippen molar-refractivity contribution in [2.75, 3.05) is 6.54 Å². The van der Waals surface area contributed by atoms with Gasteiger partial charge in [-0.2, -0.15) is 0 Å². The highest BCUT2D eigenvalue weighted by Crippen LogP contribution is 2.27. The third-order valence-corrected chi connectivity index (χ3v) is 4.68. The zero-order chi connectivity index (χ0) is 11.5. The van der Waals surface area contributed by atoms with Gasteiger partial charge in [-0.3, -0.25) is 0 Å². The first-order valence-electron chi connectivity index (χ1n) is 6.14. The minimum atomic E-state index is -0.0789. The standard InChI is InChI=1S/C13H21NOS/c1-9-6-7-13(16-9)10(2)14-8-11-4-3-5-12(11)15/h6-7,10-12,14-15H,3-5,8H2,1-2H3. The van der Waals surface area contributed by atoms with Gasteiger partial charge in [0.25, 0.3) is 0 Å². The van der Waals surface area contributed by atoms with E-state index >= 15 is 0 Å². The molecule has 1 heterocycles. The molecular formula is C13H21NOS. The Labute approximate surface area is 102 Å². The Kier molecular flexibility index (Phi) is 4.00. The highest BCUT2D eigenvalue weighted by Gasteiger charge is 2.25. The molecule has 2 N–H and O–H groups in total. The molecule has 0 aromatic carbocycles. The van der Waals surface area contributed by atoms with Crippen molar-refractivity contribution >= 4 is 11.3 Å². The molecule has 3 heteroatoms. The van der Waals surface area contributed by atoms with Gasteiger partial charge >= 0.3 is 0 Å². The smallest absolute Gasteiger partial charge is 0.0580 e. The van der Waals surface area contributed by atoms with Gasteiger partial charge in [-0.1, -0.05) is 6.42 Å². The molecule has 2 nitrogen and oxygen atoms in total. The van der Waals surface area contributed by atoms with Gasteiger partial charge in [-0.15, -0.1) is 11.3 Å². The van der Waals surface area contributed by atoms with Gasteiger partial charge in [0.05, 0.1) is 6.10 Å². The molecule has 3 atom stereocenters. The Hall–Kier alpha value is -0.380. The van der Waals surface area contributed by atoms with Crippen LogP contribution in [0, 0.1) is 12.8 Å². The Morgan fingerprint density at radius 2 is 2.31 bits per heavy atom. The molecule has 0 bridgehead atoms. The van der Waals surface area contributed by atoms with Gasteiger partial charge in [-0.05, 0) is 44.7 Å². The predicted molar refractivity (Wildman–Crippen MR) is 68.8 cm³/mol. The lowest BCUT2D eigenvalue weighted by Crippen LogP contribution is -2.29. The number of nitrogens with one attached hydrogen (secondary N) is 1. The molecule has 3 unspecified atom stereocenters. The van der Waals surface area contributed by atoms with Crippen LogP contribution in [0.25, 0.3) is 0 Å². The van der Waals surface area contributed by atoms with Crippen LogP contribution in [0.5, 0.6) is 0 Å². The maximum Gasteiger partial charge on any atom is 0.0580 e. The lowest BCUT2D eigenvalue weighted by molar-refractivity contribution is 0.130. The summed E-state index contributed by atoms with van der Waals surface area (Å²) in [6, 6.07) is 4.78. The van der Waals surface area contributed by atoms with Gasteiger partial charge in [0, 0.05) is 22.3 Å². The van der Waals surface area contributed by atoms with Crippen molar-refractivity contribution in [3.63, 3.8) is 0 Å². The van der Waals surface area contributed by atoms with Crippen LogP contribution in [0.2, 0.25) is 0 Å². The van der Waals surface area contributed by atoms with E-state index in [2.05, 4.69) is 31.3 Å². The van der Waals surface area contributed by atoms with Crippen molar-refractivity contribution in [2.45, 2.75) is 45.3 Å². The van der Waals surface area contributed by atoms with E-state index in [1.54, 1.807) is 0 Å².